The number of alkyl halides is 3. The molecule has 35 heavy (non-hydrogen) atoms. The highest BCUT2D eigenvalue weighted by Crippen LogP contribution is 2.34. The Kier molecular flexibility index (Phi) is 7.22. The molecule has 1 unspecified atom stereocenters. The summed E-state index contributed by atoms with van der Waals surface area (Å²) < 4.78 is 39.3. The average Bonchev–Trinajstić information content (AvgIpc) is 3.01. The van der Waals surface area contributed by atoms with Gasteiger partial charge in [-0.2, -0.15) is 13.2 Å². The maximum absolute atomic E-state index is 13.1. The molecule has 6 amide bonds. The lowest BCUT2D eigenvalue weighted by atomic mass is 10.1. The number of anilines is 1. The topological polar surface area (TPSA) is 107 Å². The van der Waals surface area contributed by atoms with Crippen molar-refractivity contribution in [3.63, 3.8) is 0 Å². The minimum atomic E-state index is -4.70. The van der Waals surface area contributed by atoms with E-state index in [0.717, 1.165) is 21.9 Å². The number of halogens is 3. The molecular formula is C23H21F3N4O5. The first-order valence-corrected chi connectivity index (χ1v) is 10.4. The first-order valence-electron chi connectivity index (χ1n) is 10.4. The van der Waals surface area contributed by atoms with Crippen LogP contribution in [-0.4, -0.2) is 64.5 Å². The summed E-state index contributed by atoms with van der Waals surface area (Å²) in [5, 5.41) is 2.10. The SMILES string of the molecule is CC(c1ccccc1)N1C(=O)C(=O)N(CC(=O)N(C)CC(=O)Nc2ccccc2C(F)(F)F)C1=O. The van der Waals surface area contributed by atoms with Crippen LogP contribution in [0.2, 0.25) is 0 Å². The van der Waals surface area contributed by atoms with Gasteiger partial charge in [0, 0.05) is 7.05 Å². The molecule has 1 N–H and O–H groups in total. The summed E-state index contributed by atoms with van der Waals surface area (Å²) in [6.07, 6.45) is -4.70. The summed E-state index contributed by atoms with van der Waals surface area (Å²) in [7, 11) is 1.18. The smallest absolute Gasteiger partial charge is 0.335 e. The van der Waals surface area contributed by atoms with E-state index in [9.17, 15) is 37.1 Å². The molecule has 1 aliphatic rings. The molecule has 184 valence electrons. The molecule has 0 bridgehead atoms. The number of benzene rings is 2. The first-order chi connectivity index (χ1) is 16.4. The highest BCUT2D eigenvalue weighted by molar-refractivity contribution is 6.45. The van der Waals surface area contributed by atoms with Gasteiger partial charge in [-0.25, -0.2) is 14.6 Å². The molecule has 1 fully saturated rings. The molecule has 2 aromatic carbocycles. The fourth-order valence-electron chi connectivity index (χ4n) is 3.47. The largest absolute Gasteiger partial charge is 0.418 e. The maximum Gasteiger partial charge on any atom is 0.418 e. The number of hydrogen-bond donors (Lipinski definition) is 1. The number of carbonyl (C=O) groups is 5. The Hall–Kier alpha value is -4.22. The van der Waals surface area contributed by atoms with Crippen molar-refractivity contribution in [2.45, 2.75) is 19.1 Å². The Balaban J connectivity index is 1.64. The Bertz CT molecular complexity index is 1170. The first kappa shape index (κ1) is 25.4. The van der Waals surface area contributed by atoms with Crippen molar-refractivity contribution >= 4 is 35.3 Å². The predicted octanol–water partition coefficient (Wildman–Crippen LogP) is 2.65. The van der Waals surface area contributed by atoms with Crippen molar-refractivity contribution in [1.29, 1.82) is 0 Å². The van der Waals surface area contributed by atoms with E-state index in [0.29, 0.717) is 10.5 Å². The van der Waals surface area contributed by atoms with Gasteiger partial charge in [0.15, 0.2) is 0 Å². The Morgan fingerprint density at radius 1 is 0.971 bits per heavy atom. The molecule has 0 aromatic heterocycles. The lowest BCUT2D eigenvalue weighted by molar-refractivity contribution is -0.145. The Morgan fingerprint density at radius 2 is 1.57 bits per heavy atom. The molecule has 1 aliphatic heterocycles. The van der Waals surface area contributed by atoms with E-state index < -0.39 is 66.2 Å². The number of nitrogens with zero attached hydrogens (tertiary/aromatic N) is 3. The van der Waals surface area contributed by atoms with E-state index in [4.69, 9.17) is 0 Å². The van der Waals surface area contributed by atoms with Crippen molar-refractivity contribution in [1.82, 2.24) is 14.7 Å². The predicted molar refractivity (Wildman–Crippen MR) is 117 cm³/mol. The number of imide groups is 2. The Morgan fingerprint density at radius 3 is 2.20 bits per heavy atom. The summed E-state index contributed by atoms with van der Waals surface area (Å²) in [6, 6.07) is 11.1. The molecule has 0 saturated carbocycles. The number of rotatable bonds is 7. The van der Waals surface area contributed by atoms with Gasteiger partial charge in [-0.3, -0.25) is 19.2 Å². The number of urea groups is 1. The minimum Gasteiger partial charge on any atom is -0.335 e. The van der Waals surface area contributed by atoms with Gasteiger partial charge in [0.05, 0.1) is 23.8 Å². The van der Waals surface area contributed by atoms with Crippen LogP contribution < -0.4 is 5.32 Å². The van der Waals surface area contributed by atoms with Gasteiger partial charge < -0.3 is 10.2 Å². The van der Waals surface area contributed by atoms with Crippen LogP contribution in [0.15, 0.2) is 54.6 Å². The molecule has 0 aliphatic carbocycles. The van der Waals surface area contributed by atoms with Crippen LogP contribution in [0.3, 0.4) is 0 Å². The van der Waals surface area contributed by atoms with E-state index in [2.05, 4.69) is 5.32 Å². The quantitative estimate of drug-likeness (QED) is 0.475. The number of para-hydroxylation sites is 1. The van der Waals surface area contributed by atoms with Gasteiger partial charge in [-0.1, -0.05) is 42.5 Å². The maximum atomic E-state index is 13.1. The molecule has 2 aromatic rings. The second kappa shape index (κ2) is 9.95. The van der Waals surface area contributed by atoms with Gasteiger partial charge >= 0.3 is 24.0 Å². The van der Waals surface area contributed by atoms with Crippen LogP contribution >= 0.6 is 0 Å². The normalized spacial score (nSPS) is 14.8. The van der Waals surface area contributed by atoms with Crippen LogP contribution in [-0.2, 0) is 25.4 Å². The van der Waals surface area contributed by atoms with Gasteiger partial charge in [-0.05, 0) is 24.6 Å². The summed E-state index contributed by atoms with van der Waals surface area (Å²) >= 11 is 0. The van der Waals surface area contributed by atoms with Crippen molar-refractivity contribution < 1.29 is 37.1 Å². The van der Waals surface area contributed by atoms with Gasteiger partial charge in [0.1, 0.15) is 6.54 Å². The monoisotopic (exact) mass is 490 g/mol. The van der Waals surface area contributed by atoms with E-state index in [-0.39, 0.29) is 0 Å². The van der Waals surface area contributed by atoms with Crippen LogP contribution in [0.25, 0.3) is 0 Å². The molecule has 12 heteroatoms. The fraction of sp³-hybridized carbons (Fsp3) is 0.261. The van der Waals surface area contributed by atoms with Gasteiger partial charge in [-0.15, -0.1) is 0 Å². The molecule has 3 rings (SSSR count). The third-order valence-electron chi connectivity index (χ3n) is 5.36. The number of carbonyl (C=O) groups excluding carboxylic acids is 5. The highest BCUT2D eigenvalue weighted by atomic mass is 19.4. The van der Waals surface area contributed by atoms with E-state index >= 15 is 0 Å². The molecule has 1 saturated heterocycles. The number of hydrogen-bond acceptors (Lipinski definition) is 5. The molecule has 0 radical (unpaired) electrons. The van der Waals surface area contributed by atoms with Crippen LogP contribution in [0, 0.1) is 0 Å². The summed E-state index contributed by atoms with van der Waals surface area (Å²) in [4.78, 5) is 64.4. The van der Waals surface area contributed by atoms with E-state index in [1.165, 1.54) is 19.2 Å². The van der Waals surface area contributed by atoms with E-state index in [1.54, 1.807) is 37.3 Å². The number of likely N-dealkylation sites (N-methyl/N-ethyl adjacent to an activating group) is 1. The van der Waals surface area contributed by atoms with Crippen LogP contribution in [0.4, 0.5) is 23.7 Å². The van der Waals surface area contributed by atoms with Crippen molar-refractivity contribution in [3.05, 3.63) is 65.7 Å². The van der Waals surface area contributed by atoms with Crippen LogP contribution in [0.5, 0.6) is 0 Å². The number of amides is 6. The molecule has 1 atom stereocenters. The highest BCUT2D eigenvalue weighted by Gasteiger charge is 2.47. The van der Waals surface area contributed by atoms with Crippen molar-refractivity contribution in [3.8, 4) is 0 Å². The zero-order valence-corrected chi connectivity index (χ0v) is 18.7. The minimum absolute atomic E-state index is 0.470. The average molecular weight is 490 g/mol. The van der Waals surface area contributed by atoms with Gasteiger partial charge in [0.25, 0.3) is 0 Å². The second-order valence-corrected chi connectivity index (χ2v) is 7.78. The zero-order chi connectivity index (χ0) is 25.9. The zero-order valence-electron chi connectivity index (χ0n) is 18.7. The molecule has 0 spiro atoms. The van der Waals surface area contributed by atoms with E-state index in [1.807, 2.05) is 0 Å². The lowest BCUT2D eigenvalue weighted by Crippen LogP contribution is -2.44. The molecule has 9 nitrogen and oxygen atoms in total. The summed E-state index contributed by atoms with van der Waals surface area (Å²) in [6.45, 7) is 0.0860. The lowest BCUT2D eigenvalue weighted by Gasteiger charge is -2.23. The standard InChI is InChI=1S/C23H21F3N4O5/c1-14(15-8-4-3-5-9-15)30-21(34)20(33)29(22(30)35)13-19(32)28(2)12-18(31)27-17-11-7-6-10-16(17)23(24,25)26/h3-11,14H,12-13H2,1-2H3,(H,27,31). The summed E-state index contributed by atoms with van der Waals surface area (Å²) in [5.41, 5.74) is -0.934. The number of nitrogens with one attached hydrogen (secondary N) is 1. The van der Waals surface area contributed by atoms with Gasteiger partial charge in [0.2, 0.25) is 11.8 Å². The molecule has 1 heterocycles. The third-order valence-corrected chi connectivity index (χ3v) is 5.36. The third kappa shape index (κ3) is 5.48. The molecular weight excluding hydrogens is 469 g/mol. The summed E-state index contributed by atoms with van der Waals surface area (Å²) in [5.74, 6) is -4.08. The Labute approximate surface area is 198 Å². The van der Waals surface area contributed by atoms with Crippen LogP contribution in [0.1, 0.15) is 24.1 Å². The van der Waals surface area contributed by atoms with Crippen molar-refractivity contribution in [2.24, 2.45) is 0 Å². The fourth-order valence-corrected chi connectivity index (χ4v) is 3.47. The second-order valence-electron chi connectivity index (χ2n) is 7.78. The van der Waals surface area contributed by atoms with Crippen molar-refractivity contribution in [2.75, 3.05) is 25.5 Å².